The fourth-order valence-corrected chi connectivity index (χ4v) is 2.03. The number of piperidine rings is 1. The second kappa shape index (κ2) is 4.27. The molecule has 0 aliphatic carbocycles. The average molecular weight is 169 g/mol. The number of nitrogens with one attached hydrogen (secondary N) is 1. The number of hydrogen-bond donors (Lipinski definition) is 1. The van der Waals surface area contributed by atoms with Gasteiger partial charge >= 0.3 is 0 Å². The maximum atomic E-state index is 3.55. The lowest BCUT2D eigenvalue weighted by molar-refractivity contribution is 0.195. The molecule has 12 heavy (non-hydrogen) atoms. The van der Waals surface area contributed by atoms with Crippen molar-refractivity contribution in [2.45, 2.75) is 34.1 Å². The highest BCUT2D eigenvalue weighted by Gasteiger charge is 2.25. The zero-order valence-electron chi connectivity index (χ0n) is 8.93. The molecule has 1 aliphatic rings. The zero-order valence-corrected chi connectivity index (χ0v) is 8.93. The Bertz CT molecular complexity index is 115. The van der Waals surface area contributed by atoms with Crippen molar-refractivity contribution in [3.63, 3.8) is 0 Å². The van der Waals surface area contributed by atoms with Crippen LogP contribution in [0.4, 0.5) is 0 Å². The molecule has 1 heteroatoms. The molecule has 1 nitrogen and oxygen atoms in total. The second-order valence-electron chi connectivity index (χ2n) is 4.90. The van der Waals surface area contributed by atoms with Gasteiger partial charge in [0.25, 0.3) is 0 Å². The average Bonchev–Trinajstić information content (AvgIpc) is 2.04. The molecule has 2 atom stereocenters. The van der Waals surface area contributed by atoms with Crippen LogP contribution in [0.1, 0.15) is 34.1 Å². The summed E-state index contributed by atoms with van der Waals surface area (Å²) in [7, 11) is 0. The highest BCUT2D eigenvalue weighted by Crippen LogP contribution is 2.27. The van der Waals surface area contributed by atoms with E-state index in [0.717, 1.165) is 23.7 Å². The third-order valence-electron chi connectivity index (χ3n) is 3.30. The van der Waals surface area contributed by atoms with Crippen molar-refractivity contribution in [2.75, 3.05) is 13.1 Å². The van der Waals surface area contributed by atoms with E-state index in [1.807, 2.05) is 0 Å². The first-order valence-corrected chi connectivity index (χ1v) is 5.32. The Hall–Kier alpha value is -0.0400. The molecule has 0 spiro atoms. The van der Waals surface area contributed by atoms with E-state index in [4.69, 9.17) is 0 Å². The van der Waals surface area contributed by atoms with E-state index in [9.17, 15) is 0 Å². The van der Waals surface area contributed by atoms with Gasteiger partial charge in [-0.2, -0.15) is 0 Å². The van der Waals surface area contributed by atoms with Gasteiger partial charge in [-0.1, -0.05) is 27.7 Å². The van der Waals surface area contributed by atoms with Gasteiger partial charge in [-0.3, -0.25) is 0 Å². The summed E-state index contributed by atoms with van der Waals surface area (Å²) < 4.78 is 0. The van der Waals surface area contributed by atoms with Crippen molar-refractivity contribution in [3.05, 3.63) is 0 Å². The lowest BCUT2D eigenvalue weighted by atomic mass is 9.79. The van der Waals surface area contributed by atoms with E-state index >= 15 is 0 Å². The molecular weight excluding hydrogens is 146 g/mol. The molecule has 0 bridgehead atoms. The Morgan fingerprint density at radius 3 is 1.67 bits per heavy atom. The first-order chi connectivity index (χ1) is 5.61. The largest absolute Gasteiger partial charge is 0.316 e. The molecule has 1 rings (SSSR count). The monoisotopic (exact) mass is 169 g/mol. The molecular formula is C11H23N. The van der Waals surface area contributed by atoms with E-state index in [1.165, 1.54) is 19.5 Å². The van der Waals surface area contributed by atoms with E-state index < -0.39 is 0 Å². The summed E-state index contributed by atoms with van der Waals surface area (Å²) in [5, 5.41) is 3.55. The molecule has 0 amide bonds. The first kappa shape index (κ1) is 10.0. The quantitative estimate of drug-likeness (QED) is 0.670. The van der Waals surface area contributed by atoms with Crippen LogP contribution in [-0.4, -0.2) is 13.1 Å². The van der Waals surface area contributed by atoms with Crippen LogP contribution in [0.3, 0.4) is 0 Å². The highest BCUT2D eigenvalue weighted by molar-refractivity contribution is 4.79. The van der Waals surface area contributed by atoms with Crippen molar-refractivity contribution in [2.24, 2.45) is 23.7 Å². The third-order valence-corrected chi connectivity index (χ3v) is 3.30. The minimum atomic E-state index is 0.846. The molecule has 0 radical (unpaired) electrons. The molecule has 0 saturated carbocycles. The normalized spacial score (nSPS) is 31.5. The Morgan fingerprint density at radius 1 is 0.917 bits per heavy atom. The Kier molecular flexibility index (Phi) is 3.57. The van der Waals surface area contributed by atoms with Gasteiger partial charge in [-0.15, -0.1) is 0 Å². The fourth-order valence-electron chi connectivity index (χ4n) is 2.03. The van der Waals surface area contributed by atoms with Crippen molar-refractivity contribution in [1.29, 1.82) is 0 Å². The smallest absolute Gasteiger partial charge is 0.00178 e. The lowest BCUT2D eigenvalue weighted by Gasteiger charge is -2.34. The third kappa shape index (κ3) is 2.48. The molecule has 1 heterocycles. The van der Waals surface area contributed by atoms with E-state index in [0.29, 0.717) is 0 Å². The van der Waals surface area contributed by atoms with Crippen LogP contribution in [0.2, 0.25) is 0 Å². The molecule has 1 N–H and O–H groups in total. The zero-order chi connectivity index (χ0) is 9.14. The van der Waals surface area contributed by atoms with Crippen LogP contribution in [0.25, 0.3) is 0 Å². The summed E-state index contributed by atoms with van der Waals surface area (Å²) in [5.41, 5.74) is 0. The summed E-state index contributed by atoms with van der Waals surface area (Å²) in [5.74, 6) is 3.51. The summed E-state index contributed by atoms with van der Waals surface area (Å²) in [6.07, 6.45) is 1.43. The molecule has 1 aliphatic heterocycles. The minimum absolute atomic E-state index is 0.846. The van der Waals surface area contributed by atoms with Crippen LogP contribution < -0.4 is 5.32 Å². The van der Waals surface area contributed by atoms with Crippen molar-refractivity contribution < 1.29 is 0 Å². The van der Waals surface area contributed by atoms with E-state index in [-0.39, 0.29) is 0 Å². The second-order valence-corrected chi connectivity index (χ2v) is 4.90. The molecule has 72 valence electrons. The number of rotatable bonds is 2. The van der Waals surface area contributed by atoms with Crippen molar-refractivity contribution >= 4 is 0 Å². The van der Waals surface area contributed by atoms with Crippen LogP contribution >= 0.6 is 0 Å². The molecule has 0 aromatic carbocycles. The number of hydrogen-bond acceptors (Lipinski definition) is 1. The SMILES string of the molecule is CC(C)C1CNCC(C(C)C)C1. The van der Waals surface area contributed by atoms with Crippen LogP contribution in [0, 0.1) is 23.7 Å². The van der Waals surface area contributed by atoms with Crippen LogP contribution in [0.5, 0.6) is 0 Å². The summed E-state index contributed by atoms with van der Waals surface area (Å²) in [6.45, 7) is 11.8. The van der Waals surface area contributed by atoms with Gasteiger partial charge in [0.05, 0.1) is 0 Å². The Morgan fingerprint density at radius 2 is 1.33 bits per heavy atom. The predicted octanol–water partition coefficient (Wildman–Crippen LogP) is 2.52. The summed E-state index contributed by atoms with van der Waals surface area (Å²) in [6, 6.07) is 0. The minimum Gasteiger partial charge on any atom is -0.316 e. The van der Waals surface area contributed by atoms with Gasteiger partial charge in [0, 0.05) is 0 Å². The first-order valence-electron chi connectivity index (χ1n) is 5.32. The predicted molar refractivity (Wildman–Crippen MR) is 54.1 cm³/mol. The Labute approximate surface area is 76.9 Å². The lowest BCUT2D eigenvalue weighted by Crippen LogP contribution is -2.40. The van der Waals surface area contributed by atoms with Gasteiger partial charge in [0.15, 0.2) is 0 Å². The fraction of sp³-hybridized carbons (Fsp3) is 1.00. The van der Waals surface area contributed by atoms with E-state index in [1.54, 1.807) is 0 Å². The van der Waals surface area contributed by atoms with E-state index in [2.05, 4.69) is 33.0 Å². The topological polar surface area (TPSA) is 12.0 Å². The standard InChI is InChI=1S/C11H23N/c1-8(2)10-5-11(9(3)4)7-12-6-10/h8-12H,5-7H2,1-4H3. The van der Waals surface area contributed by atoms with Crippen molar-refractivity contribution in [3.8, 4) is 0 Å². The summed E-state index contributed by atoms with van der Waals surface area (Å²) >= 11 is 0. The molecule has 0 aromatic heterocycles. The van der Waals surface area contributed by atoms with Gasteiger partial charge in [-0.25, -0.2) is 0 Å². The maximum Gasteiger partial charge on any atom is -0.00178 e. The molecule has 0 aromatic rings. The van der Waals surface area contributed by atoms with Gasteiger partial charge in [0.2, 0.25) is 0 Å². The van der Waals surface area contributed by atoms with Crippen LogP contribution in [-0.2, 0) is 0 Å². The van der Waals surface area contributed by atoms with Gasteiger partial charge in [0.1, 0.15) is 0 Å². The molecule has 1 saturated heterocycles. The molecule has 2 unspecified atom stereocenters. The van der Waals surface area contributed by atoms with Crippen molar-refractivity contribution in [1.82, 2.24) is 5.32 Å². The van der Waals surface area contributed by atoms with Gasteiger partial charge < -0.3 is 5.32 Å². The van der Waals surface area contributed by atoms with Crippen LogP contribution in [0.15, 0.2) is 0 Å². The Balaban J connectivity index is 2.40. The maximum absolute atomic E-state index is 3.55. The highest BCUT2D eigenvalue weighted by atomic mass is 14.9. The molecule has 1 fully saturated rings. The van der Waals surface area contributed by atoms with Gasteiger partial charge in [-0.05, 0) is 43.2 Å². The summed E-state index contributed by atoms with van der Waals surface area (Å²) in [4.78, 5) is 0.